The van der Waals surface area contributed by atoms with E-state index in [0.29, 0.717) is 5.02 Å². The van der Waals surface area contributed by atoms with E-state index in [4.69, 9.17) is 11.6 Å². The smallest absolute Gasteiger partial charge is 0.147 e. The summed E-state index contributed by atoms with van der Waals surface area (Å²) in [6.45, 7) is 1.54. The van der Waals surface area contributed by atoms with Crippen LogP contribution in [0.15, 0.2) is 18.2 Å². The predicted octanol–water partition coefficient (Wildman–Crippen LogP) is 3.97. The van der Waals surface area contributed by atoms with Crippen LogP contribution in [0, 0.1) is 3.57 Å². The van der Waals surface area contributed by atoms with Crippen LogP contribution in [0.3, 0.4) is 0 Å². The Hall–Kier alpha value is 0.390. The van der Waals surface area contributed by atoms with E-state index >= 15 is 0 Å². The lowest BCUT2D eigenvalue weighted by atomic mass is 10.1. The van der Waals surface area contributed by atoms with Gasteiger partial charge >= 0.3 is 0 Å². The first-order valence-electron chi connectivity index (χ1n) is 3.62. The maximum atomic E-state index is 11.1. The molecule has 0 bridgehead atoms. The fourth-order valence-electron chi connectivity index (χ4n) is 0.926. The van der Waals surface area contributed by atoms with Crippen molar-refractivity contribution in [1.29, 1.82) is 0 Å². The monoisotopic (exact) mass is 372 g/mol. The van der Waals surface area contributed by atoms with Gasteiger partial charge in [0.1, 0.15) is 5.78 Å². The van der Waals surface area contributed by atoms with Crippen molar-refractivity contribution >= 4 is 55.9 Å². The first kappa shape index (κ1) is 11.5. The molecule has 0 heterocycles. The minimum Gasteiger partial charge on any atom is -0.298 e. The van der Waals surface area contributed by atoms with E-state index in [1.165, 1.54) is 6.92 Å². The molecule has 0 aliphatic carbocycles. The number of alkyl halides is 1. The first-order valence-corrected chi connectivity index (χ1v) is 5.99. The van der Waals surface area contributed by atoms with Crippen LogP contribution in [0.25, 0.3) is 0 Å². The number of ketones is 1. The van der Waals surface area contributed by atoms with E-state index in [2.05, 4.69) is 38.5 Å². The molecule has 1 atom stereocenters. The molecule has 70 valence electrons. The van der Waals surface area contributed by atoms with Gasteiger partial charge < -0.3 is 0 Å². The molecule has 4 heteroatoms. The molecule has 13 heavy (non-hydrogen) atoms. The Kier molecular flexibility index (Phi) is 4.19. The van der Waals surface area contributed by atoms with E-state index in [9.17, 15) is 4.79 Å². The van der Waals surface area contributed by atoms with E-state index in [1.54, 1.807) is 0 Å². The number of carbonyl (C=O) groups excluding carboxylic acids is 1. The van der Waals surface area contributed by atoms with Crippen molar-refractivity contribution in [1.82, 2.24) is 0 Å². The second-order valence-corrected chi connectivity index (χ2v) is 5.21. The lowest BCUT2D eigenvalue weighted by Crippen LogP contribution is -2.01. The summed E-state index contributed by atoms with van der Waals surface area (Å²) in [6, 6.07) is 5.64. The number of Topliss-reactive ketones (excluding diaryl/α,β-unsaturated/α-hetero) is 1. The second kappa shape index (κ2) is 4.75. The normalized spacial score (nSPS) is 12.6. The van der Waals surface area contributed by atoms with Gasteiger partial charge in [0.05, 0.1) is 4.83 Å². The van der Waals surface area contributed by atoms with Gasteiger partial charge in [0, 0.05) is 8.59 Å². The van der Waals surface area contributed by atoms with Crippen LogP contribution < -0.4 is 0 Å². The van der Waals surface area contributed by atoms with Crippen LogP contribution >= 0.6 is 50.1 Å². The van der Waals surface area contributed by atoms with Gasteiger partial charge in [0.2, 0.25) is 0 Å². The SMILES string of the molecule is CC(=O)C(Br)c1ccc(I)cc1Cl. The molecule has 0 aliphatic rings. The standard InChI is InChI=1S/C9H7BrClIO/c1-5(13)9(10)7-3-2-6(12)4-8(7)11/h2-4,9H,1H3. The molecule has 0 amide bonds. The van der Waals surface area contributed by atoms with Gasteiger partial charge in [-0.3, -0.25) is 4.79 Å². The molecule has 0 saturated heterocycles. The third-order valence-electron chi connectivity index (χ3n) is 1.59. The zero-order valence-electron chi connectivity index (χ0n) is 6.85. The number of hydrogen-bond acceptors (Lipinski definition) is 1. The molecule has 1 aromatic carbocycles. The van der Waals surface area contributed by atoms with Gasteiger partial charge in [-0.05, 0) is 47.2 Å². The fraction of sp³-hybridized carbons (Fsp3) is 0.222. The van der Waals surface area contributed by atoms with E-state index in [0.717, 1.165) is 9.13 Å². The average molecular weight is 373 g/mol. The molecule has 1 aromatic rings. The van der Waals surface area contributed by atoms with Crippen LogP contribution in [0.1, 0.15) is 17.3 Å². The maximum absolute atomic E-state index is 11.1. The Morgan fingerprint density at radius 3 is 2.69 bits per heavy atom. The number of rotatable bonds is 2. The Morgan fingerprint density at radius 2 is 2.23 bits per heavy atom. The largest absolute Gasteiger partial charge is 0.298 e. The predicted molar refractivity (Wildman–Crippen MR) is 66.5 cm³/mol. The highest BCUT2D eigenvalue weighted by Crippen LogP contribution is 2.30. The van der Waals surface area contributed by atoms with Gasteiger partial charge in [-0.1, -0.05) is 33.6 Å². The van der Waals surface area contributed by atoms with E-state index < -0.39 is 0 Å². The van der Waals surface area contributed by atoms with Gasteiger partial charge in [-0.2, -0.15) is 0 Å². The minimum absolute atomic E-state index is 0.0584. The molecular weight excluding hydrogens is 366 g/mol. The Labute approximate surface area is 104 Å². The maximum Gasteiger partial charge on any atom is 0.147 e. The van der Waals surface area contributed by atoms with Crippen LogP contribution in [-0.4, -0.2) is 5.78 Å². The van der Waals surface area contributed by atoms with Crippen molar-refractivity contribution in [2.75, 3.05) is 0 Å². The molecule has 0 aliphatic heterocycles. The molecular formula is C9H7BrClIO. The lowest BCUT2D eigenvalue weighted by molar-refractivity contribution is -0.116. The number of hydrogen-bond donors (Lipinski definition) is 0. The number of benzene rings is 1. The first-order chi connectivity index (χ1) is 6.02. The van der Waals surface area contributed by atoms with E-state index in [-0.39, 0.29) is 10.6 Å². The highest BCUT2D eigenvalue weighted by atomic mass is 127. The zero-order valence-corrected chi connectivity index (χ0v) is 11.4. The molecule has 0 spiro atoms. The zero-order chi connectivity index (χ0) is 10.0. The van der Waals surface area contributed by atoms with Gasteiger partial charge in [-0.25, -0.2) is 0 Å². The summed E-state index contributed by atoms with van der Waals surface area (Å²) in [6.07, 6.45) is 0. The molecule has 0 fully saturated rings. The van der Waals surface area contributed by atoms with Crippen LogP contribution in [0.2, 0.25) is 5.02 Å². The number of carbonyl (C=O) groups is 1. The van der Waals surface area contributed by atoms with Crippen LogP contribution in [0.4, 0.5) is 0 Å². The fourth-order valence-corrected chi connectivity index (χ4v) is 2.42. The summed E-state index contributed by atoms with van der Waals surface area (Å²) in [4.78, 5) is 10.8. The Morgan fingerprint density at radius 1 is 1.62 bits per heavy atom. The highest BCUT2D eigenvalue weighted by Gasteiger charge is 2.15. The molecule has 1 nitrogen and oxygen atoms in total. The molecule has 0 saturated carbocycles. The van der Waals surface area contributed by atoms with Crippen molar-refractivity contribution < 1.29 is 4.79 Å². The summed E-state index contributed by atoms with van der Waals surface area (Å²) >= 11 is 11.4. The van der Waals surface area contributed by atoms with Gasteiger partial charge in [0.25, 0.3) is 0 Å². The number of halogens is 3. The van der Waals surface area contributed by atoms with Crippen LogP contribution in [0.5, 0.6) is 0 Å². The van der Waals surface area contributed by atoms with Crippen LogP contribution in [-0.2, 0) is 4.79 Å². The third-order valence-corrected chi connectivity index (χ3v) is 3.73. The van der Waals surface area contributed by atoms with Crippen molar-refractivity contribution in [3.63, 3.8) is 0 Å². The van der Waals surface area contributed by atoms with Crippen molar-refractivity contribution in [3.8, 4) is 0 Å². The highest BCUT2D eigenvalue weighted by molar-refractivity contribution is 14.1. The van der Waals surface area contributed by atoms with Crippen molar-refractivity contribution in [2.24, 2.45) is 0 Å². The summed E-state index contributed by atoms with van der Waals surface area (Å²) in [5.74, 6) is 0.0584. The molecule has 0 N–H and O–H groups in total. The van der Waals surface area contributed by atoms with Gasteiger partial charge in [-0.15, -0.1) is 0 Å². The summed E-state index contributed by atoms with van der Waals surface area (Å²) in [7, 11) is 0. The summed E-state index contributed by atoms with van der Waals surface area (Å²) in [5, 5.41) is 0.629. The third kappa shape index (κ3) is 2.92. The Bertz CT molecular complexity index is 340. The summed E-state index contributed by atoms with van der Waals surface area (Å²) < 4.78 is 1.06. The summed E-state index contributed by atoms with van der Waals surface area (Å²) in [5.41, 5.74) is 0.828. The average Bonchev–Trinajstić information content (AvgIpc) is 2.03. The quantitative estimate of drug-likeness (QED) is 0.566. The topological polar surface area (TPSA) is 17.1 Å². The molecule has 0 aromatic heterocycles. The van der Waals surface area contributed by atoms with Crippen molar-refractivity contribution in [3.05, 3.63) is 32.4 Å². The molecule has 1 rings (SSSR count). The minimum atomic E-state index is -0.294. The molecule has 1 unspecified atom stereocenters. The Balaban J connectivity index is 3.08. The lowest BCUT2D eigenvalue weighted by Gasteiger charge is -2.08. The van der Waals surface area contributed by atoms with Crippen molar-refractivity contribution in [2.45, 2.75) is 11.8 Å². The van der Waals surface area contributed by atoms with Gasteiger partial charge in [0.15, 0.2) is 0 Å². The van der Waals surface area contributed by atoms with E-state index in [1.807, 2.05) is 18.2 Å². The molecule has 0 radical (unpaired) electrons. The second-order valence-electron chi connectivity index (χ2n) is 2.64.